The molecule has 0 spiro atoms. The first-order chi connectivity index (χ1) is 8.78. The van der Waals surface area contributed by atoms with Crippen LogP contribution < -0.4 is 15.4 Å². The maximum atomic E-state index is 5.81. The predicted molar refractivity (Wildman–Crippen MR) is 74.2 cm³/mol. The van der Waals surface area contributed by atoms with E-state index in [9.17, 15) is 0 Å². The van der Waals surface area contributed by atoms with Gasteiger partial charge in [0, 0.05) is 37.4 Å². The van der Waals surface area contributed by atoms with Crippen molar-refractivity contribution in [3.63, 3.8) is 0 Å². The van der Waals surface area contributed by atoms with E-state index in [2.05, 4.69) is 15.9 Å². The van der Waals surface area contributed by atoms with Crippen LogP contribution in [0.2, 0.25) is 0 Å². The van der Waals surface area contributed by atoms with E-state index in [1.165, 1.54) is 25.1 Å². The van der Waals surface area contributed by atoms with Crippen LogP contribution in [0.25, 0.3) is 0 Å². The summed E-state index contributed by atoms with van der Waals surface area (Å²) in [4.78, 5) is 5.05. The number of nitrogens with zero attached hydrogens (tertiary/aromatic N) is 2. The van der Waals surface area contributed by atoms with Gasteiger partial charge in [-0.05, 0) is 31.5 Å². The van der Waals surface area contributed by atoms with E-state index in [4.69, 9.17) is 10.5 Å². The van der Waals surface area contributed by atoms with Gasteiger partial charge in [0.25, 0.3) is 0 Å². The van der Waals surface area contributed by atoms with Crippen molar-refractivity contribution in [2.24, 2.45) is 0 Å². The van der Waals surface area contributed by atoms with Crippen LogP contribution in [0, 0.1) is 0 Å². The molecular formula is C14H21N3O. The summed E-state index contributed by atoms with van der Waals surface area (Å²) < 4.78 is 5.46. The third-order valence-corrected chi connectivity index (χ3v) is 4.13. The molecule has 1 aromatic carbocycles. The highest BCUT2D eigenvalue weighted by Crippen LogP contribution is 2.33. The lowest BCUT2D eigenvalue weighted by molar-refractivity contribution is 0.230. The second-order valence-electron chi connectivity index (χ2n) is 5.21. The van der Waals surface area contributed by atoms with Gasteiger partial charge < -0.3 is 15.4 Å². The van der Waals surface area contributed by atoms with Gasteiger partial charge in [0.1, 0.15) is 5.75 Å². The zero-order chi connectivity index (χ0) is 12.5. The average molecular weight is 247 g/mol. The Morgan fingerprint density at radius 1 is 1.28 bits per heavy atom. The van der Waals surface area contributed by atoms with E-state index in [-0.39, 0.29) is 0 Å². The number of piperazine rings is 1. The van der Waals surface area contributed by atoms with Gasteiger partial charge in [-0.25, -0.2) is 0 Å². The summed E-state index contributed by atoms with van der Waals surface area (Å²) in [6.07, 6.45) is 2.67. The Labute approximate surface area is 108 Å². The molecule has 0 bridgehead atoms. The molecule has 1 atom stereocenters. The second-order valence-corrected chi connectivity index (χ2v) is 5.21. The maximum Gasteiger partial charge on any atom is 0.144 e. The quantitative estimate of drug-likeness (QED) is 0.805. The number of hydrogen-bond acceptors (Lipinski definition) is 4. The monoisotopic (exact) mass is 247 g/mol. The molecule has 4 heteroatoms. The van der Waals surface area contributed by atoms with Crippen molar-refractivity contribution in [2.75, 3.05) is 43.9 Å². The molecule has 4 nitrogen and oxygen atoms in total. The van der Waals surface area contributed by atoms with Crippen molar-refractivity contribution in [1.82, 2.24) is 4.90 Å². The fraction of sp³-hybridized carbons (Fsp3) is 0.571. The number of nitrogens with two attached hydrogens (primary N) is 1. The molecular weight excluding hydrogens is 226 g/mol. The van der Waals surface area contributed by atoms with Gasteiger partial charge in [0.2, 0.25) is 0 Å². The molecule has 3 rings (SSSR count). The first-order valence-electron chi connectivity index (χ1n) is 6.70. The van der Waals surface area contributed by atoms with E-state index in [1.54, 1.807) is 7.11 Å². The van der Waals surface area contributed by atoms with E-state index in [0.29, 0.717) is 0 Å². The van der Waals surface area contributed by atoms with E-state index in [1.807, 2.05) is 12.1 Å². The molecule has 1 aromatic rings. The molecule has 98 valence electrons. The van der Waals surface area contributed by atoms with Gasteiger partial charge in [-0.2, -0.15) is 0 Å². The number of ether oxygens (including phenoxy) is 1. The summed E-state index contributed by atoms with van der Waals surface area (Å²) in [5.74, 6) is 0.890. The number of benzene rings is 1. The molecule has 0 amide bonds. The van der Waals surface area contributed by atoms with Crippen LogP contribution in [0.1, 0.15) is 12.8 Å². The lowest BCUT2D eigenvalue weighted by atomic mass is 10.1. The van der Waals surface area contributed by atoms with Crippen LogP contribution in [0.15, 0.2) is 18.2 Å². The lowest BCUT2D eigenvalue weighted by Gasteiger charge is -2.39. The molecule has 2 N–H and O–H groups in total. The minimum absolute atomic E-state index is 0.723. The Morgan fingerprint density at radius 3 is 3.00 bits per heavy atom. The smallest absolute Gasteiger partial charge is 0.144 e. The van der Waals surface area contributed by atoms with Crippen molar-refractivity contribution in [2.45, 2.75) is 18.9 Å². The highest BCUT2D eigenvalue weighted by Gasteiger charge is 2.31. The lowest BCUT2D eigenvalue weighted by Crippen LogP contribution is -2.50. The van der Waals surface area contributed by atoms with Gasteiger partial charge >= 0.3 is 0 Å². The Bertz CT molecular complexity index is 435. The minimum Gasteiger partial charge on any atom is -0.495 e. The fourth-order valence-corrected chi connectivity index (χ4v) is 3.17. The van der Waals surface area contributed by atoms with Crippen LogP contribution in [0.4, 0.5) is 11.4 Å². The molecule has 0 aromatic heterocycles. The summed E-state index contributed by atoms with van der Waals surface area (Å²) in [6.45, 7) is 4.63. The maximum absolute atomic E-state index is 5.81. The van der Waals surface area contributed by atoms with Crippen molar-refractivity contribution in [3.05, 3.63) is 18.2 Å². The Kier molecular flexibility index (Phi) is 3.04. The topological polar surface area (TPSA) is 41.7 Å². The average Bonchev–Trinajstić information content (AvgIpc) is 2.85. The molecule has 2 saturated heterocycles. The first kappa shape index (κ1) is 11.7. The Morgan fingerprint density at radius 2 is 2.17 bits per heavy atom. The second kappa shape index (κ2) is 4.69. The molecule has 2 heterocycles. The van der Waals surface area contributed by atoms with Crippen LogP contribution in [-0.2, 0) is 0 Å². The number of fused-ring (bicyclic) bond motifs is 1. The normalized spacial score (nSPS) is 24.1. The van der Waals surface area contributed by atoms with Crippen LogP contribution in [0.3, 0.4) is 0 Å². The SMILES string of the molecule is COc1cc(N)ccc1N1CCN2CCCC2C1. The molecule has 2 fully saturated rings. The van der Waals surface area contributed by atoms with Crippen LogP contribution in [0.5, 0.6) is 5.75 Å². The zero-order valence-corrected chi connectivity index (χ0v) is 10.9. The highest BCUT2D eigenvalue weighted by molar-refractivity contribution is 5.64. The predicted octanol–water partition coefficient (Wildman–Crippen LogP) is 1.56. The van der Waals surface area contributed by atoms with Crippen molar-refractivity contribution in [3.8, 4) is 5.75 Å². The summed E-state index contributed by atoms with van der Waals surface area (Å²) >= 11 is 0. The van der Waals surface area contributed by atoms with Crippen LogP contribution in [-0.4, -0.2) is 44.2 Å². The van der Waals surface area contributed by atoms with Crippen molar-refractivity contribution in [1.29, 1.82) is 0 Å². The summed E-state index contributed by atoms with van der Waals surface area (Å²) in [5.41, 5.74) is 7.75. The number of anilines is 2. The van der Waals surface area contributed by atoms with E-state index >= 15 is 0 Å². The molecule has 0 aliphatic carbocycles. The number of nitrogen functional groups attached to an aromatic ring is 1. The molecule has 2 aliphatic rings. The summed E-state index contributed by atoms with van der Waals surface area (Å²) in [6, 6.07) is 6.68. The largest absolute Gasteiger partial charge is 0.495 e. The third-order valence-electron chi connectivity index (χ3n) is 4.13. The number of methoxy groups -OCH3 is 1. The molecule has 0 saturated carbocycles. The molecule has 0 radical (unpaired) electrons. The molecule has 18 heavy (non-hydrogen) atoms. The summed E-state index contributed by atoms with van der Waals surface area (Å²) in [5, 5.41) is 0. The van der Waals surface area contributed by atoms with Gasteiger partial charge in [0.15, 0.2) is 0 Å². The van der Waals surface area contributed by atoms with E-state index in [0.717, 1.165) is 37.1 Å². The Balaban J connectivity index is 1.82. The van der Waals surface area contributed by atoms with Crippen molar-refractivity contribution >= 4 is 11.4 Å². The number of rotatable bonds is 2. The fourth-order valence-electron chi connectivity index (χ4n) is 3.17. The molecule has 1 unspecified atom stereocenters. The van der Waals surface area contributed by atoms with Gasteiger partial charge in [-0.15, -0.1) is 0 Å². The summed E-state index contributed by atoms with van der Waals surface area (Å²) in [7, 11) is 1.71. The Hall–Kier alpha value is -1.42. The zero-order valence-electron chi connectivity index (χ0n) is 10.9. The van der Waals surface area contributed by atoms with Gasteiger partial charge in [0.05, 0.1) is 12.8 Å². The minimum atomic E-state index is 0.723. The van der Waals surface area contributed by atoms with Gasteiger partial charge in [-0.3, -0.25) is 4.90 Å². The van der Waals surface area contributed by atoms with Crippen LogP contribution >= 0.6 is 0 Å². The van der Waals surface area contributed by atoms with Gasteiger partial charge in [-0.1, -0.05) is 0 Å². The van der Waals surface area contributed by atoms with E-state index < -0.39 is 0 Å². The third kappa shape index (κ3) is 2.01. The number of hydrogen-bond donors (Lipinski definition) is 1. The van der Waals surface area contributed by atoms with Crippen molar-refractivity contribution < 1.29 is 4.74 Å². The standard InChI is InChI=1S/C14H21N3O/c1-18-14-9-11(15)4-5-13(14)17-8-7-16-6-2-3-12(16)10-17/h4-5,9,12H,2-3,6-8,10,15H2,1H3. The highest BCUT2D eigenvalue weighted by atomic mass is 16.5. The molecule has 2 aliphatic heterocycles. The first-order valence-corrected chi connectivity index (χ1v) is 6.70.